The Kier molecular flexibility index (Phi) is 4.13. The molecule has 134 valence electrons. The Morgan fingerprint density at radius 2 is 2.16 bits per heavy atom. The summed E-state index contributed by atoms with van der Waals surface area (Å²) in [6.45, 7) is 4.52. The molecule has 2 fully saturated rings. The highest BCUT2D eigenvalue weighted by Gasteiger charge is 2.46. The van der Waals surface area contributed by atoms with Crippen LogP contribution in [0.15, 0.2) is 23.0 Å². The maximum absolute atomic E-state index is 12.7. The third kappa shape index (κ3) is 2.77. The summed E-state index contributed by atoms with van der Waals surface area (Å²) in [6, 6.07) is 5.33. The quantitative estimate of drug-likeness (QED) is 0.881. The topological polar surface area (TPSA) is 85.4 Å². The Balaban J connectivity index is 1.56. The van der Waals surface area contributed by atoms with E-state index in [1.165, 1.54) is 0 Å². The van der Waals surface area contributed by atoms with Crippen LogP contribution in [0.2, 0.25) is 0 Å². The van der Waals surface area contributed by atoms with Crippen molar-refractivity contribution >= 4 is 16.9 Å². The number of carbonyl (C=O) groups is 1. The molecule has 1 atom stereocenters. The average molecular weight is 345 g/mol. The number of benzene rings is 1. The minimum Gasteiger partial charge on any atom is -0.381 e. The van der Waals surface area contributed by atoms with Gasteiger partial charge in [0.2, 0.25) is 0 Å². The predicted molar refractivity (Wildman–Crippen MR) is 92.8 cm³/mol. The summed E-state index contributed by atoms with van der Waals surface area (Å²) >= 11 is 0. The average Bonchev–Trinajstić information content (AvgIpc) is 3.14. The van der Waals surface area contributed by atoms with Gasteiger partial charge in [0.05, 0.1) is 22.7 Å². The van der Waals surface area contributed by atoms with Crippen molar-refractivity contribution in [2.24, 2.45) is 0 Å². The molecule has 0 aliphatic carbocycles. The molecule has 0 bridgehead atoms. The second-order valence-electron chi connectivity index (χ2n) is 6.75. The third-order valence-corrected chi connectivity index (χ3v) is 5.43. The van der Waals surface area contributed by atoms with Crippen molar-refractivity contribution < 1.29 is 14.3 Å². The molecule has 1 spiro atoms. The Labute approximate surface area is 145 Å². The first-order chi connectivity index (χ1) is 12.1. The number of ether oxygens (including phenoxy) is 2. The molecule has 1 unspecified atom stereocenters. The van der Waals surface area contributed by atoms with Crippen LogP contribution in [0.5, 0.6) is 0 Å². The van der Waals surface area contributed by atoms with Gasteiger partial charge in [-0.2, -0.15) is 0 Å². The fraction of sp³-hybridized carbons (Fsp3) is 0.556. The minimum absolute atomic E-state index is 0.00103. The smallest absolute Gasteiger partial charge is 0.326 e. The molecule has 25 heavy (non-hydrogen) atoms. The van der Waals surface area contributed by atoms with Crippen LogP contribution < -0.4 is 11.0 Å². The van der Waals surface area contributed by atoms with Gasteiger partial charge >= 0.3 is 5.69 Å². The molecule has 7 heteroatoms. The molecule has 1 aromatic heterocycles. The maximum Gasteiger partial charge on any atom is 0.326 e. The highest BCUT2D eigenvalue weighted by Crippen LogP contribution is 2.35. The van der Waals surface area contributed by atoms with E-state index >= 15 is 0 Å². The van der Waals surface area contributed by atoms with Crippen molar-refractivity contribution in [2.75, 3.05) is 19.8 Å². The highest BCUT2D eigenvalue weighted by atomic mass is 16.5. The van der Waals surface area contributed by atoms with Crippen molar-refractivity contribution in [3.8, 4) is 0 Å². The van der Waals surface area contributed by atoms with Gasteiger partial charge < -0.3 is 19.8 Å². The zero-order valence-electron chi connectivity index (χ0n) is 14.3. The molecule has 4 rings (SSSR count). The van der Waals surface area contributed by atoms with Gasteiger partial charge in [0.15, 0.2) is 0 Å². The normalized spacial score (nSPS) is 22.5. The Morgan fingerprint density at radius 1 is 1.36 bits per heavy atom. The first-order valence-corrected chi connectivity index (χ1v) is 8.88. The monoisotopic (exact) mass is 345 g/mol. The van der Waals surface area contributed by atoms with Crippen molar-refractivity contribution in [1.82, 2.24) is 14.9 Å². The number of imidazole rings is 1. The van der Waals surface area contributed by atoms with Gasteiger partial charge in [0, 0.05) is 44.8 Å². The minimum atomic E-state index is -0.294. The summed E-state index contributed by atoms with van der Waals surface area (Å²) in [5, 5.41) is 3.14. The van der Waals surface area contributed by atoms with Gasteiger partial charge in [-0.3, -0.25) is 9.36 Å². The number of hydrogen-bond acceptors (Lipinski definition) is 4. The summed E-state index contributed by atoms with van der Waals surface area (Å²) in [6.07, 6.45) is 2.43. The summed E-state index contributed by atoms with van der Waals surface area (Å²) in [5.41, 5.74) is 1.60. The molecule has 2 saturated heterocycles. The number of fused-ring (bicyclic) bond motifs is 1. The molecular weight excluding hydrogens is 322 g/mol. The molecule has 2 aliphatic rings. The van der Waals surface area contributed by atoms with Gasteiger partial charge in [-0.25, -0.2) is 4.79 Å². The van der Waals surface area contributed by atoms with Gasteiger partial charge in [0.1, 0.15) is 0 Å². The number of aromatic amines is 1. The van der Waals surface area contributed by atoms with E-state index in [9.17, 15) is 9.59 Å². The number of nitrogens with one attached hydrogen (secondary N) is 2. The van der Waals surface area contributed by atoms with Gasteiger partial charge in [0.25, 0.3) is 5.91 Å². The molecule has 3 heterocycles. The number of carbonyl (C=O) groups excluding carboxylic acids is 1. The Hall–Kier alpha value is -2.12. The van der Waals surface area contributed by atoms with Gasteiger partial charge in [-0.15, -0.1) is 0 Å². The first kappa shape index (κ1) is 16.4. The van der Waals surface area contributed by atoms with Crippen molar-refractivity contribution in [3.05, 3.63) is 34.2 Å². The largest absolute Gasteiger partial charge is 0.381 e. The van der Waals surface area contributed by atoms with Crippen LogP contribution >= 0.6 is 0 Å². The number of hydrogen-bond donors (Lipinski definition) is 2. The van der Waals surface area contributed by atoms with Crippen LogP contribution in [0, 0.1) is 0 Å². The zero-order valence-corrected chi connectivity index (χ0v) is 14.3. The Morgan fingerprint density at radius 3 is 2.92 bits per heavy atom. The first-order valence-electron chi connectivity index (χ1n) is 8.88. The van der Waals surface area contributed by atoms with Crippen LogP contribution in [-0.4, -0.2) is 46.9 Å². The summed E-state index contributed by atoms with van der Waals surface area (Å²) in [4.78, 5) is 27.5. The van der Waals surface area contributed by atoms with E-state index in [0.29, 0.717) is 37.4 Å². The molecule has 7 nitrogen and oxygen atoms in total. The van der Waals surface area contributed by atoms with Crippen molar-refractivity contribution in [2.45, 2.75) is 44.4 Å². The fourth-order valence-corrected chi connectivity index (χ4v) is 4.02. The lowest BCUT2D eigenvalue weighted by Gasteiger charge is -2.37. The van der Waals surface area contributed by atoms with Crippen LogP contribution in [0.1, 0.15) is 36.5 Å². The predicted octanol–water partition coefficient (Wildman–Crippen LogP) is 1.42. The van der Waals surface area contributed by atoms with E-state index < -0.39 is 0 Å². The number of H-pyrrole nitrogens is 1. The van der Waals surface area contributed by atoms with Crippen LogP contribution in [0.25, 0.3) is 11.0 Å². The van der Waals surface area contributed by atoms with Crippen LogP contribution in [0.3, 0.4) is 0 Å². The SMILES string of the molecule is CCn1c(=O)[nH]c2cc(C(=O)NC3CCOC34CCOCC4)ccc21. The number of amides is 1. The van der Waals surface area contributed by atoms with Crippen LogP contribution in [-0.2, 0) is 16.0 Å². The van der Waals surface area contributed by atoms with E-state index in [4.69, 9.17) is 9.47 Å². The molecule has 2 N–H and O–H groups in total. The van der Waals surface area contributed by atoms with E-state index in [2.05, 4.69) is 10.3 Å². The van der Waals surface area contributed by atoms with Crippen molar-refractivity contribution in [1.29, 1.82) is 0 Å². The maximum atomic E-state index is 12.7. The van der Waals surface area contributed by atoms with Gasteiger partial charge in [-0.05, 0) is 31.5 Å². The number of nitrogens with zero attached hydrogens (tertiary/aromatic N) is 1. The number of rotatable bonds is 3. The molecular formula is C18H23N3O4. The highest BCUT2D eigenvalue weighted by molar-refractivity contribution is 5.97. The number of aromatic nitrogens is 2. The van der Waals surface area contributed by atoms with E-state index in [-0.39, 0.29) is 23.2 Å². The molecule has 1 amide bonds. The zero-order chi connectivity index (χ0) is 17.4. The Bertz CT molecular complexity index is 848. The van der Waals surface area contributed by atoms with E-state index in [1.807, 2.05) is 13.0 Å². The molecule has 2 aliphatic heterocycles. The van der Waals surface area contributed by atoms with E-state index in [1.54, 1.807) is 16.7 Å². The molecule has 2 aromatic rings. The van der Waals surface area contributed by atoms with Crippen molar-refractivity contribution in [3.63, 3.8) is 0 Å². The lowest BCUT2D eigenvalue weighted by atomic mass is 9.86. The summed E-state index contributed by atoms with van der Waals surface area (Å²) in [5.74, 6) is -0.131. The lowest BCUT2D eigenvalue weighted by Crippen LogP contribution is -2.52. The lowest BCUT2D eigenvalue weighted by molar-refractivity contribution is -0.0872. The van der Waals surface area contributed by atoms with Gasteiger partial charge in [-0.1, -0.05) is 0 Å². The molecule has 1 aromatic carbocycles. The van der Waals surface area contributed by atoms with E-state index in [0.717, 1.165) is 24.8 Å². The molecule has 0 saturated carbocycles. The summed E-state index contributed by atoms with van der Waals surface area (Å²) in [7, 11) is 0. The standard InChI is InChI=1S/C18H23N3O4/c1-2-21-14-4-3-12(11-13(14)19-17(21)23)16(22)20-15-5-8-25-18(15)6-9-24-10-7-18/h3-4,11,15H,2,5-10H2,1H3,(H,19,23)(H,20,22). The second kappa shape index (κ2) is 6.31. The fourth-order valence-electron chi connectivity index (χ4n) is 4.02. The summed E-state index contributed by atoms with van der Waals surface area (Å²) < 4.78 is 13.1. The second-order valence-corrected chi connectivity index (χ2v) is 6.75. The number of aryl methyl sites for hydroxylation is 1. The third-order valence-electron chi connectivity index (χ3n) is 5.43. The molecule has 0 radical (unpaired) electrons. The van der Waals surface area contributed by atoms with Crippen LogP contribution in [0.4, 0.5) is 0 Å².